The van der Waals surface area contributed by atoms with Crippen molar-refractivity contribution in [2.24, 2.45) is 5.73 Å². The Morgan fingerprint density at radius 3 is 2.27 bits per heavy atom. The molecule has 2 aromatic carbocycles. The van der Waals surface area contributed by atoms with E-state index in [0.29, 0.717) is 12.1 Å². The van der Waals surface area contributed by atoms with Gasteiger partial charge in [-0.2, -0.15) is 5.26 Å². The van der Waals surface area contributed by atoms with E-state index < -0.39 is 0 Å². The minimum Gasteiger partial charge on any atom is -0.326 e. The smallest absolute Gasteiger partial charge is 0.123 e. The Balaban J connectivity index is 0.000000172. The molecule has 0 unspecified atom stereocenters. The number of benzene rings is 2. The van der Waals surface area contributed by atoms with Crippen LogP contribution < -0.4 is 5.73 Å². The van der Waals surface area contributed by atoms with Crippen molar-refractivity contribution in [2.75, 3.05) is 0 Å². The molecule has 0 radical (unpaired) electrons. The van der Waals surface area contributed by atoms with E-state index >= 15 is 0 Å². The Bertz CT molecular complexity index is 726. The maximum atomic E-state index is 12.1. The van der Waals surface area contributed by atoms with Gasteiger partial charge in [-0.05, 0) is 42.0 Å². The van der Waals surface area contributed by atoms with Crippen LogP contribution in [0.1, 0.15) is 11.1 Å². The predicted molar refractivity (Wildman–Crippen MR) is 82.6 cm³/mol. The number of rotatable bonds is 2. The summed E-state index contributed by atoms with van der Waals surface area (Å²) in [7, 11) is 0. The summed E-state index contributed by atoms with van der Waals surface area (Å²) in [5.74, 6) is -0.311. The molecule has 0 aliphatic carbocycles. The van der Waals surface area contributed by atoms with Crippen LogP contribution in [-0.2, 0) is 6.54 Å². The first-order valence-corrected chi connectivity index (χ1v) is 6.66. The lowest BCUT2D eigenvalue weighted by Gasteiger charge is -2.02. The monoisotopic (exact) mass is 294 g/mol. The fraction of sp³-hybridized carbons (Fsp3) is 0.0588. The standard InChI is InChI=1S/C10H11N3.C7H4FN/c11-7-9-1-3-10(4-2-9)13-6-5-12-8-13;8-7-3-1-6(5-9)2-4-7/h1-6,8H,7,11H2;1-4H. The molecule has 0 saturated heterocycles. The van der Waals surface area contributed by atoms with Crippen molar-refractivity contribution in [2.45, 2.75) is 6.54 Å². The van der Waals surface area contributed by atoms with Gasteiger partial charge in [0.25, 0.3) is 0 Å². The molecule has 0 aliphatic rings. The first-order valence-electron chi connectivity index (χ1n) is 6.66. The number of nitrogens with two attached hydrogens (primary N) is 1. The number of hydrogen-bond acceptors (Lipinski definition) is 3. The quantitative estimate of drug-likeness (QED) is 0.790. The zero-order chi connectivity index (χ0) is 15.8. The Morgan fingerprint density at radius 1 is 1.09 bits per heavy atom. The molecular weight excluding hydrogens is 279 g/mol. The van der Waals surface area contributed by atoms with E-state index in [-0.39, 0.29) is 5.82 Å². The minimum absolute atomic E-state index is 0.311. The highest BCUT2D eigenvalue weighted by Gasteiger charge is 1.94. The van der Waals surface area contributed by atoms with Gasteiger partial charge in [0.05, 0.1) is 18.0 Å². The summed E-state index contributed by atoms with van der Waals surface area (Å²) in [6, 6.07) is 15.4. The number of nitriles is 1. The van der Waals surface area contributed by atoms with Crippen molar-refractivity contribution in [3.05, 3.63) is 84.2 Å². The molecule has 0 bridgehead atoms. The van der Waals surface area contributed by atoms with Crippen LogP contribution in [0, 0.1) is 17.1 Å². The molecular formula is C17H15FN4. The van der Waals surface area contributed by atoms with Crippen LogP contribution in [0.25, 0.3) is 5.69 Å². The van der Waals surface area contributed by atoms with Crippen molar-refractivity contribution in [3.8, 4) is 11.8 Å². The molecule has 3 rings (SSSR count). The van der Waals surface area contributed by atoms with Crippen LogP contribution in [0.4, 0.5) is 4.39 Å². The largest absolute Gasteiger partial charge is 0.326 e. The van der Waals surface area contributed by atoms with Gasteiger partial charge in [0.15, 0.2) is 0 Å². The molecule has 0 saturated carbocycles. The zero-order valence-corrected chi connectivity index (χ0v) is 11.9. The van der Waals surface area contributed by atoms with Crippen molar-refractivity contribution in [1.82, 2.24) is 9.55 Å². The third kappa shape index (κ3) is 4.27. The van der Waals surface area contributed by atoms with Gasteiger partial charge in [-0.15, -0.1) is 0 Å². The van der Waals surface area contributed by atoms with Crippen LogP contribution >= 0.6 is 0 Å². The minimum atomic E-state index is -0.311. The number of hydrogen-bond donors (Lipinski definition) is 1. The number of imidazole rings is 1. The maximum absolute atomic E-state index is 12.1. The van der Waals surface area contributed by atoms with E-state index in [1.54, 1.807) is 12.5 Å². The second-order valence-electron chi connectivity index (χ2n) is 4.46. The Kier molecular flexibility index (Phi) is 5.41. The lowest BCUT2D eigenvalue weighted by Crippen LogP contribution is -1.96. The Hall–Kier alpha value is -2.97. The van der Waals surface area contributed by atoms with Gasteiger partial charge in [0.1, 0.15) is 5.82 Å². The summed E-state index contributed by atoms with van der Waals surface area (Å²) in [6.45, 7) is 0.588. The van der Waals surface area contributed by atoms with Crippen LogP contribution in [0.15, 0.2) is 67.3 Å². The molecule has 110 valence electrons. The van der Waals surface area contributed by atoms with Crippen molar-refractivity contribution in [1.29, 1.82) is 5.26 Å². The highest BCUT2D eigenvalue weighted by atomic mass is 19.1. The molecule has 2 N–H and O–H groups in total. The summed E-state index contributed by atoms with van der Waals surface area (Å²) < 4.78 is 14.1. The van der Waals surface area contributed by atoms with E-state index in [4.69, 9.17) is 11.0 Å². The highest BCUT2D eigenvalue weighted by molar-refractivity contribution is 5.34. The summed E-state index contributed by atoms with van der Waals surface area (Å²) in [4.78, 5) is 3.98. The summed E-state index contributed by atoms with van der Waals surface area (Å²) in [6.07, 6.45) is 5.45. The lowest BCUT2D eigenvalue weighted by atomic mass is 10.2. The summed E-state index contributed by atoms with van der Waals surface area (Å²) in [5.41, 5.74) is 8.23. The van der Waals surface area contributed by atoms with Crippen molar-refractivity contribution in [3.63, 3.8) is 0 Å². The first-order chi connectivity index (χ1) is 10.7. The van der Waals surface area contributed by atoms with Crippen molar-refractivity contribution < 1.29 is 4.39 Å². The molecule has 0 amide bonds. The molecule has 1 aromatic heterocycles. The van der Waals surface area contributed by atoms with Gasteiger partial charge in [-0.1, -0.05) is 12.1 Å². The van der Waals surface area contributed by atoms with Gasteiger partial charge in [-0.25, -0.2) is 9.37 Å². The van der Waals surface area contributed by atoms with Gasteiger partial charge in [-0.3, -0.25) is 0 Å². The van der Waals surface area contributed by atoms with Crippen molar-refractivity contribution >= 4 is 0 Å². The van der Waals surface area contributed by atoms with E-state index in [0.717, 1.165) is 11.3 Å². The molecule has 4 nitrogen and oxygen atoms in total. The molecule has 3 aromatic rings. The van der Waals surface area contributed by atoms with Gasteiger partial charge < -0.3 is 10.3 Å². The topological polar surface area (TPSA) is 67.6 Å². The van der Waals surface area contributed by atoms with E-state index in [9.17, 15) is 4.39 Å². The summed E-state index contributed by atoms with van der Waals surface area (Å²) in [5, 5.41) is 8.26. The molecule has 5 heteroatoms. The average Bonchev–Trinajstić information content (AvgIpc) is 3.11. The number of halogens is 1. The molecule has 0 spiro atoms. The Labute approximate surface area is 128 Å². The predicted octanol–water partition coefficient (Wildman–Crippen LogP) is 3.03. The number of aromatic nitrogens is 2. The molecule has 0 fully saturated rings. The van der Waals surface area contributed by atoms with E-state index in [1.165, 1.54) is 24.3 Å². The summed E-state index contributed by atoms with van der Waals surface area (Å²) >= 11 is 0. The van der Waals surface area contributed by atoms with E-state index in [1.807, 2.05) is 41.1 Å². The van der Waals surface area contributed by atoms with E-state index in [2.05, 4.69) is 4.98 Å². The maximum Gasteiger partial charge on any atom is 0.123 e. The third-order valence-electron chi connectivity index (χ3n) is 2.95. The normalized spacial score (nSPS) is 9.50. The highest BCUT2D eigenvalue weighted by Crippen LogP contribution is 2.08. The lowest BCUT2D eigenvalue weighted by molar-refractivity contribution is 0.627. The van der Waals surface area contributed by atoms with Crippen LogP contribution in [-0.4, -0.2) is 9.55 Å². The molecule has 1 heterocycles. The zero-order valence-electron chi connectivity index (χ0n) is 11.9. The SMILES string of the molecule is N#Cc1ccc(F)cc1.NCc1ccc(-n2ccnc2)cc1. The van der Waals surface area contributed by atoms with Crippen LogP contribution in [0.3, 0.4) is 0 Å². The van der Waals surface area contributed by atoms with Gasteiger partial charge >= 0.3 is 0 Å². The van der Waals surface area contributed by atoms with Gasteiger partial charge in [0.2, 0.25) is 0 Å². The average molecular weight is 294 g/mol. The Morgan fingerprint density at radius 2 is 1.77 bits per heavy atom. The second kappa shape index (κ2) is 7.72. The fourth-order valence-electron chi connectivity index (χ4n) is 1.74. The van der Waals surface area contributed by atoms with Crippen LogP contribution in [0.2, 0.25) is 0 Å². The first kappa shape index (κ1) is 15.4. The molecule has 0 aliphatic heterocycles. The number of nitrogens with zero attached hydrogens (tertiary/aromatic N) is 3. The van der Waals surface area contributed by atoms with Gasteiger partial charge in [0, 0.05) is 24.6 Å². The van der Waals surface area contributed by atoms with Crippen LogP contribution in [0.5, 0.6) is 0 Å². The fourth-order valence-corrected chi connectivity index (χ4v) is 1.74. The molecule has 0 atom stereocenters. The third-order valence-corrected chi connectivity index (χ3v) is 2.95. The molecule has 22 heavy (non-hydrogen) atoms. The second-order valence-corrected chi connectivity index (χ2v) is 4.46.